The van der Waals surface area contributed by atoms with Crippen molar-refractivity contribution in [3.05, 3.63) is 0 Å². The molecular formula is C17H29N3O2. The summed E-state index contributed by atoms with van der Waals surface area (Å²) in [7, 11) is 1.44. The second kappa shape index (κ2) is 9.12. The largest absolute Gasteiger partial charge is 0.469 e. The highest BCUT2D eigenvalue weighted by molar-refractivity contribution is 5.69. The number of carbonyl (C=O) groups is 1. The van der Waals surface area contributed by atoms with Gasteiger partial charge in [0, 0.05) is 25.6 Å². The fraction of sp³-hybridized carbons (Fsp3) is 0.882. The zero-order valence-corrected chi connectivity index (χ0v) is 13.7. The van der Waals surface area contributed by atoms with Gasteiger partial charge in [-0.1, -0.05) is 12.8 Å². The quantitative estimate of drug-likeness (QED) is 0.575. The Morgan fingerprint density at radius 1 is 1.32 bits per heavy atom. The van der Waals surface area contributed by atoms with Gasteiger partial charge in [0.25, 0.3) is 0 Å². The van der Waals surface area contributed by atoms with Crippen molar-refractivity contribution in [1.29, 1.82) is 5.26 Å². The molecule has 0 radical (unpaired) electrons. The molecule has 1 aliphatic carbocycles. The van der Waals surface area contributed by atoms with E-state index in [9.17, 15) is 4.79 Å². The molecule has 124 valence electrons. The fourth-order valence-electron chi connectivity index (χ4n) is 3.86. The highest BCUT2D eigenvalue weighted by atomic mass is 16.5. The van der Waals surface area contributed by atoms with Gasteiger partial charge in [-0.15, -0.1) is 0 Å². The molecule has 22 heavy (non-hydrogen) atoms. The Morgan fingerprint density at radius 2 is 2.09 bits per heavy atom. The van der Waals surface area contributed by atoms with Gasteiger partial charge in [-0.05, 0) is 44.1 Å². The maximum Gasteiger partial charge on any atom is 0.305 e. The van der Waals surface area contributed by atoms with E-state index in [1.807, 2.05) is 0 Å². The third kappa shape index (κ3) is 5.58. The van der Waals surface area contributed by atoms with Gasteiger partial charge in [-0.25, -0.2) is 0 Å². The summed E-state index contributed by atoms with van der Waals surface area (Å²) in [5.74, 6) is 1.18. The van der Waals surface area contributed by atoms with Crippen LogP contribution < -0.4 is 5.32 Å². The van der Waals surface area contributed by atoms with Crippen molar-refractivity contribution in [1.82, 2.24) is 10.2 Å². The number of esters is 1. The van der Waals surface area contributed by atoms with E-state index in [0.29, 0.717) is 24.9 Å². The van der Waals surface area contributed by atoms with Gasteiger partial charge in [0.1, 0.15) is 0 Å². The van der Waals surface area contributed by atoms with Crippen LogP contribution in [0.25, 0.3) is 0 Å². The van der Waals surface area contributed by atoms with E-state index >= 15 is 0 Å². The molecule has 1 saturated heterocycles. The summed E-state index contributed by atoms with van der Waals surface area (Å²) < 4.78 is 4.74. The first-order chi connectivity index (χ1) is 10.7. The van der Waals surface area contributed by atoms with Crippen molar-refractivity contribution < 1.29 is 9.53 Å². The smallest absolute Gasteiger partial charge is 0.305 e. The Balaban J connectivity index is 1.79. The van der Waals surface area contributed by atoms with Crippen LogP contribution in [0.3, 0.4) is 0 Å². The van der Waals surface area contributed by atoms with E-state index in [2.05, 4.69) is 16.3 Å². The van der Waals surface area contributed by atoms with Gasteiger partial charge < -0.3 is 10.1 Å². The minimum Gasteiger partial charge on any atom is -0.469 e. The van der Waals surface area contributed by atoms with Gasteiger partial charge in [0.15, 0.2) is 0 Å². The Hall–Kier alpha value is -1.12. The average Bonchev–Trinajstić information content (AvgIpc) is 3.04. The number of nitrogens with one attached hydrogen (secondary N) is 1. The highest BCUT2D eigenvalue weighted by Gasteiger charge is 2.28. The molecular weight excluding hydrogens is 278 g/mol. The molecule has 1 saturated carbocycles. The van der Waals surface area contributed by atoms with Gasteiger partial charge in [0.2, 0.25) is 0 Å². The van der Waals surface area contributed by atoms with E-state index < -0.39 is 0 Å². The average molecular weight is 307 g/mol. The van der Waals surface area contributed by atoms with E-state index in [0.717, 1.165) is 38.4 Å². The molecule has 0 aromatic heterocycles. The molecule has 0 spiro atoms. The van der Waals surface area contributed by atoms with Crippen molar-refractivity contribution in [3.63, 3.8) is 0 Å². The SMILES string of the molecule is COC(=O)CCC1CC(NCC2CCCC2)CN(CC#N)C1. The van der Waals surface area contributed by atoms with Crippen molar-refractivity contribution in [2.24, 2.45) is 11.8 Å². The summed E-state index contributed by atoms with van der Waals surface area (Å²) in [4.78, 5) is 13.6. The Kier molecular flexibility index (Phi) is 7.14. The molecule has 1 heterocycles. The number of methoxy groups -OCH3 is 1. The van der Waals surface area contributed by atoms with Crippen LogP contribution in [-0.2, 0) is 9.53 Å². The monoisotopic (exact) mass is 307 g/mol. The molecule has 1 N–H and O–H groups in total. The lowest BCUT2D eigenvalue weighted by molar-refractivity contribution is -0.141. The standard InChI is InChI=1S/C17H29N3O2/c1-22-17(21)7-6-15-10-16(13-20(12-15)9-8-18)19-11-14-4-2-3-5-14/h14-16,19H,2-7,9-13H2,1H3. The Morgan fingerprint density at radius 3 is 2.77 bits per heavy atom. The maximum absolute atomic E-state index is 11.3. The van der Waals surface area contributed by atoms with Crippen molar-refractivity contribution in [2.75, 3.05) is 33.3 Å². The second-order valence-electron chi connectivity index (χ2n) is 6.82. The molecule has 2 aliphatic rings. The van der Waals surface area contributed by atoms with Gasteiger partial charge >= 0.3 is 5.97 Å². The molecule has 2 atom stereocenters. The van der Waals surface area contributed by atoms with Crippen LogP contribution in [0.1, 0.15) is 44.9 Å². The zero-order chi connectivity index (χ0) is 15.8. The normalized spacial score (nSPS) is 26.7. The van der Waals surface area contributed by atoms with Crippen LogP contribution in [0.4, 0.5) is 0 Å². The number of carbonyl (C=O) groups excluding carboxylic acids is 1. The third-order valence-corrected chi connectivity index (χ3v) is 5.06. The van der Waals surface area contributed by atoms with Crippen LogP contribution in [0.15, 0.2) is 0 Å². The lowest BCUT2D eigenvalue weighted by atomic mass is 9.90. The first kappa shape index (κ1) is 17.2. The summed E-state index contributed by atoms with van der Waals surface area (Å²) >= 11 is 0. The summed E-state index contributed by atoms with van der Waals surface area (Å²) in [6.45, 7) is 3.46. The van der Waals surface area contributed by atoms with Gasteiger partial charge in [0.05, 0.1) is 19.7 Å². The summed E-state index contributed by atoms with van der Waals surface area (Å²) in [6, 6.07) is 2.71. The molecule has 0 aromatic rings. The van der Waals surface area contributed by atoms with E-state index in [1.54, 1.807) is 0 Å². The number of likely N-dealkylation sites (tertiary alicyclic amines) is 1. The van der Waals surface area contributed by atoms with Crippen LogP contribution in [0.2, 0.25) is 0 Å². The molecule has 2 fully saturated rings. The van der Waals surface area contributed by atoms with Crippen molar-refractivity contribution >= 4 is 5.97 Å². The summed E-state index contributed by atoms with van der Waals surface area (Å²) in [6.07, 6.45) is 7.90. The number of hydrogen-bond acceptors (Lipinski definition) is 5. The zero-order valence-electron chi connectivity index (χ0n) is 13.7. The first-order valence-corrected chi connectivity index (χ1v) is 8.60. The van der Waals surface area contributed by atoms with Crippen LogP contribution in [-0.4, -0.2) is 50.2 Å². The number of hydrogen-bond donors (Lipinski definition) is 1. The molecule has 5 heteroatoms. The first-order valence-electron chi connectivity index (χ1n) is 8.60. The lowest BCUT2D eigenvalue weighted by Crippen LogP contribution is -2.50. The molecule has 2 unspecified atom stereocenters. The van der Waals surface area contributed by atoms with Crippen LogP contribution >= 0.6 is 0 Å². The predicted octanol–water partition coefficient (Wildman–Crippen LogP) is 1.93. The highest BCUT2D eigenvalue weighted by Crippen LogP contribution is 2.25. The topological polar surface area (TPSA) is 65.4 Å². The Labute approximate surface area is 134 Å². The predicted molar refractivity (Wildman–Crippen MR) is 85.2 cm³/mol. The fourth-order valence-corrected chi connectivity index (χ4v) is 3.86. The summed E-state index contributed by atoms with van der Waals surface area (Å²) in [5, 5.41) is 12.7. The van der Waals surface area contributed by atoms with Gasteiger partial charge in [-0.3, -0.25) is 9.69 Å². The third-order valence-electron chi connectivity index (χ3n) is 5.06. The number of nitrogens with zero attached hydrogens (tertiary/aromatic N) is 2. The molecule has 2 rings (SSSR count). The van der Waals surface area contributed by atoms with Gasteiger partial charge in [-0.2, -0.15) is 5.26 Å². The maximum atomic E-state index is 11.3. The van der Waals surface area contributed by atoms with E-state index in [-0.39, 0.29) is 5.97 Å². The van der Waals surface area contributed by atoms with Crippen molar-refractivity contribution in [2.45, 2.75) is 51.0 Å². The molecule has 1 aliphatic heterocycles. The van der Waals surface area contributed by atoms with Crippen LogP contribution in [0, 0.1) is 23.2 Å². The number of ether oxygens (including phenoxy) is 1. The lowest BCUT2D eigenvalue weighted by Gasteiger charge is -2.37. The second-order valence-corrected chi connectivity index (χ2v) is 6.82. The minimum atomic E-state index is -0.132. The number of nitriles is 1. The number of rotatable bonds is 7. The molecule has 5 nitrogen and oxygen atoms in total. The van der Waals surface area contributed by atoms with Crippen molar-refractivity contribution in [3.8, 4) is 6.07 Å². The number of piperidine rings is 1. The Bertz CT molecular complexity index is 388. The summed E-state index contributed by atoms with van der Waals surface area (Å²) in [5.41, 5.74) is 0. The minimum absolute atomic E-state index is 0.132. The molecule has 0 bridgehead atoms. The molecule has 0 amide bonds. The molecule has 0 aromatic carbocycles. The van der Waals surface area contributed by atoms with Crippen LogP contribution in [0.5, 0.6) is 0 Å². The van der Waals surface area contributed by atoms with E-state index in [4.69, 9.17) is 10.00 Å². The van der Waals surface area contributed by atoms with E-state index in [1.165, 1.54) is 32.8 Å².